The maximum absolute atomic E-state index is 13.0. The van der Waals surface area contributed by atoms with Gasteiger partial charge in [-0.15, -0.1) is 11.8 Å². The minimum absolute atomic E-state index is 0.0686. The first-order valence-corrected chi connectivity index (χ1v) is 12.5. The van der Waals surface area contributed by atoms with Crippen LogP contribution in [0.3, 0.4) is 0 Å². The molecule has 0 aliphatic carbocycles. The van der Waals surface area contributed by atoms with Gasteiger partial charge in [-0.1, -0.05) is 25.1 Å². The number of nitrogens with one attached hydrogen (secondary N) is 3. The van der Waals surface area contributed by atoms with Crippen molar-refractivity contribution in [2.24, 2.45) is 0 Å². The van der Waals surface area contributed by atoms with Gasteiger partial charge in [-0.3, -0.25) is 4.79 Å². The molecule has 9 heteroatoms. The average Bonchev–Trinajstić information content (AvgIpc) is 2.87. The van der Waals surface area contributed by atoms with E-state index in [0.717, 1.165) is 16.3 Å². The van der Waals surface area contributed by atoms with Gasteiger partial charge in [0.15, 0.2) is 16.6 Å². The average molecular weight is 510 g/mol. The number of carbonyl (C=O) groups is 1. The van der Waals surface area contributed by atoms with Gasteiger partial charge in [-0.25, -0.2) is 0 Å². The van der Waals surface area contributed by atoms with E-state index in [4.69, 9.17) is 26.4 Å². The Morgan fingerprint density at radius 3 is 2.54 bits per heavy atom. The van der Waals surface area contributed by atoms with Crippen LogP contribution in [0.15, 0.2) is 71.6 Å². The van der Waals surface area contributed by atoms with Crippen LogP contribution in [0.25, 0.3) is 0 Å². The van der Waals surface area contributed by atoms with Crippen LogP contribution in [-0.4, -0.2) is 36.6 Å². The van der Waals surface area contributed by atoms with Crippen molar-refractivity contribution in [1.82, 2.24) is 0 Å². The Balaban J connectivity index is 1.37. The van der Waals surface area contributed by atoms with E-state index in [0.29, 0.717) is 47.7 Å². The minimum Gasteiger partial charge on any atom is -0.495 e. The first-order valence-electron chi connectivity index (χ1n) is 11.2. The third kappa shape index (κ3) is 6.58. The number of anilines is 3. The largest absolute Gasteiger partial charge is 0.495 e. The second-order valence-electron chi connectivity index (χ2n) is 7.67. The fourth-order valence-corrected chi connectivity index (χ4v) is 4.75. The maximum Gasteiger partial charge on any atom is 0.237 e. The SMILES string of the molecule is CCC(Sc1cccc(NC(=S)Nc2ccccc2OC)c1)C(=O)Nc1ccc2c(c1)OCCO2. The van der Waals surface area contributed by atoms with E-state index in [-0.39, 0.29) is 11.2 Å². The summed E-state index contributed by atoms with van der Waals surface area (Å²) in [7, 11) is 1.62. The molecule has 182 valence electrons. The minimum atomic E-state index is -0.267. The number of ether oxygens (including phenoxy) is 3. The molecule has 4 rings (SSSR count). The van der Waals surface area contributed by atoms with Crippen LogP contribution in [0.5, 0.6) is 17.2 Å². The lowest BCUT2D eigenvalue weighted by atomic mass is 10.2. The zero-order chi connectivity index (χ0) is 24.6. The lowest BCUT2D eigenvalue weighted by Gasteiger charge is -2.20. The lowest BCUT2D eigenvalue weighted by molar-refractivity contribution is -0.115. The van der Waals surface area contributed by atoms with Crippen LogP contribution in [0.4, 0.5) is 17.1 Å². The summed E-state index contributed by atoms with van der Waals surface area (Å²) in [5.41, 5.74) is 2.28. The Hall–Kier alpha value is -3.43. The van der Waals surface area contributed by atoms with Gasteiger partial charge in [0.05, 0.1) is 18.0 Å². The molecule has 0 bridgehead atoms. The molecule has 3 N–H and O–H groups in total. The van der Waals surface area contributed by atoms with Crippen molar-refractivity contribution in [3.05, 3.63) is 66.7 Å². The molecule has 0 saturated carbocycles. The number of thioether (sulfide) groups is 1. The van der Waals surface area contributed by atoms with Crippen molar-refractivity contribution in [2.45, 2.75) is 23.5 Å². The van der Waals surface area contributed by atoms with E-state index in [1.165, 1.54) is 11.8 Å². The molecule has 1 aliphatic rings. The number of methoxy groups -OCH3 is 1. The first-order chi connectivity index (χ1) is 17.1. The maximum atomic E-state index is 13.0. The Bertz CT molecular complexity index is 1200. The Kier molecular flexibility index (Phi) is 8.33. The highest BCUT2D eigenvalue weighted by Crippen LogP contribution is 2.34. The number of rotatable bonds is 8. The summed E-state index contributed by atoms with van der Waals surface area (Å²) in [6, 6.07) is 20.8. The van der Waals surface area contributed by atoms with Crippen LogP contribution >= 0.6 is 24.0 Å². The fraction of sp³-hybridized carbons (Fsp3) is 0.231. The normalized spacial score (nSPS) is 12.9. The fourth-order valence-electron chi connectivity index (χ4n) is 3.51. The van der Waals surface area contributed by atoms with Gasteiger partial charge in [-0.05, 0) is 61.1 Å². The van der Waals surface area contributed by atoms with Gasteiger partial charge in [0.1, 0.15) is 19.0 Å². The van der Waals surface area contributed by atoms with Gasteiger partial charge in [0.2, 0.25) is 5.91 Å². The molecule has 3 aromatic carbocycles. The summed E-state index contributed by atoms with van der Waals surface area (Å²) >= 11 is 6.97. The standard InChI is InChI=1S/C26H27N3O4S2/c1-3-24(25(30)27-18-11-12-22-23(16-18)33-14-13-32-22)35-19-8-6-7-17(15-19)28-26(34)29-20-9-4-5-10-21(20)31-2/h4-12,15-16,24H,3,13-14H2,1-2H3,(H,27,30)(H2,28,29,34). The quantitative estimate of drug-likeness (QED) is 0.260. The van der Waals surface area contributed by atoms with Crippen LogP contribution < -0.4 is 30.2 Å². The second kappa shape index (κ2) is 11.8. The van der Waals surface area contributed by atoms with Gasteiger partial charge in [0.25, 0.3) is 0 Å². The van der Waals surface area contributed by atoms with Crippen LogP contribution in [0.1, 0.15) is 13.3 Å². The van der Waals surface area contributed by atoms with Crippen molar-refractivity contribution in [3.63, 3.8) is 0 Å². The number of amides is 1. The van der Waals surface area contributed by atoms with E-state index in [1.54, 1.807) is 13.2 Å². The third-order valence-corrected chi connectivity index (χ3v) is 6.76. The third-order valence-electron chi connectivity index (χ3n) is 5.20. The van der Waals surface area contributed by atoms with Gasteiger partial charge in [0, 0.05) is 22.3 Å². The zero-order valence-corrected chi connectivity index (χ0v) is 21.1. The molecule has 0 fully saturated rings. The Morgan fingerprint density at radius 2 is 1.74 bits per heavy atom. The molecule has 3 aromatic rings. The smallest absolute Gasteiger partial charge is 0.237 e. The number of carbonyl (C=O) groups excluding carboxylic acids is 1. The first kappa shape index (κ1) is 24.7. The molecule has 0 radical (unpaired) electrons. The zero-order valence-electron chi connectivity index (χ0n) is 19.5. The van der Waals surface area contributed by atoms with Crippen molar-refractivity contribution in [1.29, 1.82) is 0 Å². The summed E-state index contributed by atoms with van der Waals surface area (Å²) in [5, 5.41) is 9.52. The molecule has 1 unspecified atom stereocenters. The van der Waals surface area contributed by atoms with Crippen LogP contribution in [0.2, 0.25) is 0 Å². The van der Waals surface area contributed by atoms with Gasteiger partial charge < -0.3 is 30.2 Å². The Labute approximate surface area is 214 Å². The van der Waals surface area contributed by atoms with Crippen molar-refractivity contribution >= 4 is 52.1 Å². The molecule has 1 atom stereocenters. The van der Waals surface area contributed by atoms with Crippen molar-refractivity contribution in [2.75, 3.05) is 36.3 Å². The van der Waals surface area contributed by atoms with E-state index in [1.807, 2.05) is 67.6 Å². The molecular formula is C26H27N3O4S2. The molecule has 1 heterocycles. The van der Waals surface area contributed by atoms with Gasteiger partial charge >= 0.3 is 0 Å². The number of para-hydroxylation sites is 2. The van der Waals surface area contributed by atoms with Crippen LogP contribution in [0, 0.1) is 0 Å². The summed E-state index contributed by atoms with van der Waals surface area (Å²) in [6.07, 6.45) is 0.673. The topological polar surface area (TPSA) is 80.9 Å². The van der Waals surface area contributed by atoms with Gasteiger partial charge in [-0.2, -0.15) is 0 Å². The molecule has 1 amide bonds. The molecule has 0 spiro atoms. The summed E-state index contributed by atoms with van der Waals surface area (Å²) in [5.74, 6) is 1.97. The summed E-state index contributed by atoms with van der Waals surface area (Å²) in [6.45, 7) is 3.03. The molecule has 0 saturated heterocycles. The number of hydrogen-bond donors (Lipinski definition) is 3. The summed E-state index contributed by atoms with van der Waals surface area (Å²) < 4.78 is 16.5. The second-order valence-corrected chi connectivity index (χ2v) is 9.35. The molecule has 1 aliphatic heterocycles. The number of thiocarbonyl (C=S) groups is 1. The molecule has 35 heavy (non-hydrogen) atoms. The van der Waals surface area contributed by atoms with Crippen molar-refractivity contribution in [3.8, 4) is 17.2 Å². The summed E-state index contributed by atoms with van der Waals surface area (Å²) in [4.78, 5) is 13.9. The lowest BCUT2D eigenvalue weighted by Crippen LogP contribution is -2.24. The molecule has 0 aromatic heterocycles. The number of hydrogen-bond acceptors (Lipinski definition) is 6. The highest BCUT2D eigenvalue weighted by atomic mass is 32.2. The predicted molar refractivity (Wildman–Crippen MR) is 145 cm³/mol. The number of fused-ring (bicyclic) bond motifs is 1. The highest BCUT2D eigenvalue weighted by molar-refractivity contribution is 8.00. The van der Waals surface area contributed by atoms with E-state index < -0.39 is 0 Å². The number of benzene rings is 3. The van der Waals surface area contributed by atoms with Crippen LogP contribution in [-0.2, 0) is 4.79 Å². The van der Waals surface area contributed by atoms with Crippen molar-refractivity contribution < 1.29 is 19.0 Å². The van der Waals surface area contributed by atoms with E-state index >= 15 is 0 Å². The molecule has 7 nitrogen and oxygen atoms in total. The monoisotopic (exact) mass is 509 g/mol. The molecular weight excluding hydrogens is 482 g/mol. The Morgan fingerprint density at radius 1 is 0.971 bits per heavy atom. The van der Waals surface area contributed by atoms with E-state index in [9.17, 15) is 4.79 Å². The highest BCUT2D eigenvalue weighted by Gasteiger charge is 2.20. The van der Waals surface area contributed by atoms with E-state index in [2.05, 4.69) is 16.0 Å². The predicted octanol–water partition coefficient (Wildman–Crippen LogP) is 5.78.